The molecule has 0 aliphatic carbocycles. The van der Waals surface area contributed by atoms with E-state index < -0.39 is 0 Å². The van der Waals surface area contributed by atoms with Crippen molar-refractivity contribution in [2.75, 3.05) is 33.3 Å². The minimum atomic E-state index is 0.000710. The molecule has 6 heteroatoms. The van der Waals surface area contributed by atoms with Gasteiger partial charge in [0.25, 0.3) is 0 Å². The molecule has 1 aliphatic rings. The van der Waals surface area contributed by atoms with E-state index in [2.05, 4.69) is 15.2 Å². The number of thiazole rings is 1. The number of H-pyrrole nitrogens is 1. The van der Waals surface area contributed by atoms with Crippen LogP contribution in [0.4, 0.5) is 0 Å². The Kier molecular flexibility index (Phi) is 4.92. The maximum atomic E-state index is 11.8. The number of benzene rings is 1. The monoisotopic (exact) mass is 319 g/mol. The maximum absolute atomic E-state index is 11.8. The highest BCUT2D eigenvalue weighted by molar-refractivity contribution is 7.09. The largest absolute Gasteiger partial charge is 0.497 e. The fourth-order valence-electron chi connectivity index (χ4n) is 2.75. The van der Waals surface area contributed by atoms with Gasteiger partial charge < -0.3 is 15.0 Å². The lowest BCUT2D eigenvalue weighted by molar-refractivity contribution is 0.287. The molecule has 0 unspecified atom stereocenters. The summed E-state index contributed by atoms with van der Waals surface area (Å²) in [7, 11) is 1.65. The summed E-state index contributed by atoms with van der Waals surface area (Å²) in [6.45, 7) is 4.98. The van der Waals surface area contributed by atoms with Gasteiger partial charge in [0, 0.05) is 30.1 Å². The Hall–Kier alpha value is -1.63. The lowest BCUT2D eigenvalue weighted by atomic mass is 10.1. The quantitative estimate of drug-likeness (QED) is 0.904. The third-order valence-corrected chi connectivity index (χ3v) is 4.75. The zero-order chi connectivity index (χ0) is 15.4. The molecule has 0 bridgehead atoms. The van der Waals surface area contributed by atoms with Crippen LogP contribution >= 0.6 is 11.3 Å². The third kappa shape index (κ3) is 3.58. The Morgan fingerprint density at radius 3 is 3.09 bits per heavy atom. The van der Waals surface area contributed by atoms with Crippen LogP contribution in [-0.2, 0) is 6.54 Å². The second kappa shape index (κ2) is 7.09. The second-order valence-corrected chi connectivity index (χ2v) is 6.49. The van der Waals surface area contributed by atoms with Crippen LogP contribution < -0.4 is 14.9 Å². The van der Waals surface area contributed by atoms with Crippen molar-refractivity contribution in [3.63, 3.8) is 0 Å². The predicted molar refractivity (Wildman–Crippen MR) is 89.7 cm³/mol. The number of hydrogen-bond acceptors (Lipinski definition) is 5. The van der Waals surface area contributed by atoms with Crippen molar-refractivity contribution in [1.82, 2.24) is 15.2 Å². The molecule has 2 aromatic rings. The number of ether oxygens (including phenoxy) is 1. The van der Waals surface area contributed by atoms with E-state index in [1.807, 2.05) is 24.3 Å². The predicted octanol–water partition coefficient (Wildman–Crippen LogP) is 1.91. The third-order valence-electron chi connectivity index (χ3n) is 3.88. The molecule has 0 saturated carbocycles. The molecule has 1 aromatic heterocycles. The molecule has 22 heavy (non-hydrogen) atoms. The van der Waals surface area contributed by atoms with Gasteiger partial charge in [-0.25, -0.2) is 0 Å². The molecule has 2 N–H and O–H groups in total. The molecule has 1 saturated heterocycles. The van der Waals surface area contributed by atoms with Gasteiger partial charge in [0.1, 0.15) is 5.75 Å². The molecule has 0 amide bonds. The fraction of sp³-hybridized carbons (Fsp3) is 0.438. The van der Waals surface area contributed by atoms with Crippen LogP contribution in [0.25, 0.3) is 11.3 Å². The van der Waals surface area contributed by atoms with E-state index in [0.717, 1.165) is 61.0 Å². The Bertz CT molecular complexity index is 672. The summed E-state index contributed by atoms with van der Waals surface area (Å²) in [5.41, 5.74) is 1.92. The number of rotatable bonds is 4. The fourth-order valence-corrected chi connectivity index (χ4v) is 3.64. The van der Waals surface area contributed by atoms with Crippen molar-refractivity contribution in [2.45, 2.75) is 13.0 Å². The highest BCUT2D eigenvalue weighted by Gasteiger charge is 2.16. The first-order valence-electron chi connectivity index (χ1n) is 7.56. The number of hydrogen-bond donors (Lipinski definition) is 2. The molecule has 0 atom stereocenters. The normalized spacial score (nSPS) is 16.4. The molecular formula is C16H21N3O2S. The summed E-state index contributed by atoms with van der Waals surface area (Å²) in [5, 5.41) is 3.41. The van der Waals surface area contributed by atoms with E-state index in [4.69, 9.17) is 4.74 Å². The summed E-state index contributed by atoms with van der Waals surface area (Å²) < 4.78 is 5.28. The Morgan fingerprint density at radius 2 is 2.23 bits per heavy atom. The van der Waals surface area contributed by atoms with Gasteiger partial charge in [-0.15, -0.1) is 0 Å². The van der Waals surface area contributed by atoms with E-state index >= 15 is 0 Å². The minimum Gasteiger partial charge on any atom is -0.497 e. The van der Waals surface area contributed by atoms with Crippen LogP contribution in [0.3, 0.4) is 0 Å². The molecule has 5 nitrogen and oxygen atoms in total. The molecule has 3 rings (SSSR count). The first-order chi connectivity index (χ1) is 10.8. The summed E-state index contributed by atoms with van der Waals surface area (Å²) in [6.07, 6.45) is 1.15. The summed E-state index contributed by atoms with van der Waals surface area (Å²) in [5.74, 6) is 0.800. The molecule has 0 radical (unpaired) electrons. The standard InChI is InChI=1S/C16H21N3O2S/c1-21-13-5-2-4-12(10-13)15-14(22-16(20)18-15)11-19-8-3-6-17-7-9-19/h2,4-5,10,17H,3,6-9,11H2,1H3,(H,18,20). The first-order valence-corrected chi connectivity index (χ1v) is 8.37. The van der Waals surface area contributed by atoms with Crippen LogP contribution in [-0.4, -0.2) is 43.2 Å². The molecule has 2 heterocycles. The van der Waals surface area contributed by atoms with Crippen LogP contribution in [0.15, 0.2) is 29.1 Å². The van der Waals surface area contributed by atoms with Gasteiger partial charge in [0.2, 0.25) is 0 Å². The van der Waals surface area contributed by atoms with Crippen molar-refractivity contribution in [2.24, 2.45) is 0 Å². The van der Waals surface area contributed by atoms with E-state index in [0.29, 0.717) is 0 Å². The summed E-state index contributed by atoms with van der Waals surface area (Å²) in [4.78, 5) is 18.3. The molecule has 118 valence electrons. The number of methoxy groups -OCH3 is 1. The van der Waals surface area contributed by atoms with Gasteiger partial charge in [0.05, 0.1) is 12.8 Å². The summed E-state index contributed by atoms with van der Waals surface area (Å²) >= 11 is 1.31. The van der Waals surface area contributed by atoms with Crippen molar-refractivity contribution in [3.05, 3.63) is 38.8 Å². The van der Waals surface area contributed by atoms with Gasteiger partial charge in [-0.05, 0) is 31.6 Å². The van der Waals surface area contributed by atoms with Crippen molar-refractivity contribution < 1.29 is 4.74 Å². The Morgan fingerprint density at radius 1 is 1.32 bits per heavy atom. The topological polar surface area (TPSA) is 57.4 Å². The zero-order valence-electron chi connectivity index (χ0n) is 12.7. The van der Waals surface area contributed by atoms with E-state index in [1.165, 1.54) is 11.3 Å². The molecule has 1 aromatic carbocycles. The van der Waals surface area contributed by atoms with Crippen molar-refractivity contribution in [1.29, 1.82) is 0 Å². The Balaban J connectivity index is 1.87. The number of aromatic nitrogens is 1. The van der Waals surface area contributed by atoms with Crippen LogP contribution in [0.2, 0.25) is 0 Å². The first kappa shape index (κ1) is 15.3. The lowest BCUT2D eigenvalue weighted by Crippen LogP contribution is -2.27. The second-order valence-electron chi connectivity index (χ2n) is 5.42. The minimum absolute atomic E-state index is 0.000710. The Labute approximate surface area is 133 Å². The number of nitrogens with zero attached hydrogens (tertiary/aromatic N) is 1. The number of nitrogens with one attached hydrogen (secondary N) is 2. The van der Waals surface area contributed by atoms with Crippen LogP contribution in [0, 0.1) is 0 Å². The zero-order valence-corrected chi connectivity index (χ0v) is 13.5. The lowest BCUT2D eigenvalue weighted by Gasteiger charge is -2.19. The molecule has 1 aliphatic heterocycles. The SMILES string of the molecule is COc1cccc(-c2[nH]c(=O)sc2CN2CCCNCC2)c1. The molecule has 1 fully saturated rings. The van der Waals surface area contributed by atoms with Crippen molar-refractivity contribution in [3.8, 4) is 17.0 Å². The van der Waals surface area contributed by atoms with Gasteiger partial charge in [-0.1, -0.05) is 23.5 Å². The van der Waals surface area contributed by atoms with Gasteiger partial charge in [-0.3, -0.25) is 9.69 Å². The van der Waals surface area contributed by atoms with E-state index in [-0.39, 0.29) is 4.87 Å². The van der Waals surface area contributed by atoms with Crippen LogP contribution in [0.5, 0.6) is 5.75 Å². The van der Waals surface area contributed by atoms with E-state index in [1.54, 1.807) is 7.11 Å². The molecular weight excluding hydrogens is 298 g/mol. The average molecular weight is 319 g/mol. The summed E-state index contributed by atoms with van der Waals surface area (Å²) in [6, 6.07) is 7.83. The smallest absolute Gasteiger partial charge is 0.305 e. The highest BCUT2D eigenvalue weighted by atomic mass is 32.1. The average Bonchev–Trinajstić information content (AvgIpc) is 2.74. The molecule has 0 spiro atoms. The highest BCUT2D eigenvalue weighted by Crippen LogP contribution is 2.27. The maximum Gasteiger partial charge on any atom is 0.305 e. The number of aromatic amines is 1. The van der Waals surface area contributed by atoms with E-state index in [9.17, 15) is 4.79 Å². The van der Waals surface area contributed by atoms with Gasteiger partial charge >= 0.3 is 4.87 Å². The van der Waals surface area contributed by atoms with Crippen LogP contribution in [0.1, 0.15) is 11.3 Å². The van der Waals surface area contributed by atoms with Gasteiger partial charge in [0.15, 0.2) is 0 Å². The van der Waals surface area contributed by atoms with Crippen molar-refractivity contribution >= 4 is 11.3 Å². The van der Waals surface area contributed by atoms with Gasteiger partial charge in [-0.2, -0.15) is 0 Å².